The molecule has 0 bridgehead atoms. The predicted octanol–water partition coefficient (Wildman–Crippen LogP) is 14.7. The van der Waals surface area contributed by atoms with Crippen LogP contribution in [-0.2, 0) is 41.5 Å². The van der Waals surface area contributed by atoms with Crippen molar-refractivity contribution >= 4 is 40.7 Å². The van der Waals surface area contributed by atoms with Gasteiger partial charge in [-0.2, -0.15) is 52.7 Å². The number of pyridine rings is 2. The van der Waals surface area contributed by atoms with Gasteiger partial charge in [0.25, 0.3) is 5.91 Å². The molecule has 68 heavy (non-hydrogen) atoms. The maximum Gasteiger partial charge on any atom is 0.416 e. The molecular weight excluding hydrogens is 963 g/mol. The molecule has 0 atom stereocenters. The number of aryl methyl sites for hydroxylation is 2. The molecule has 2 aromatic heterocycles. The number of carbonyl (C=O) groups is 2. The van der Waals surface area contributed by atoms with E-state index in [4.69, 9.17) is 23.2 Å². The van der Waals surface area contributed by atoms with Gasteiger partial charge in [-0.05, 0) is 115 Å². The maximum atomic E-state index is 13.5. The van der Waals surface area contributed by atoms with Crippen molar-refractivity contribution in [3.63, 3.8) is 0 Å². The van der Waals surface area contributed by atoms with Crippen molar-refractivity contribution in [3.05, 3.63) is 170 Å². The lowest BCUT2D eigenvalue weighted by Gasteiger charge is -2.32. The van der Waals surface area contributed by atoms with Crippen molar-refractivity contribution < 1.29 is 62.3 Å². The zero-order valence-electron chi connectivity index (χ0n) is 36.5. The Labute approximate surface area is 392 Å². The first-order valence-electron chi connectivity index (χ1n) is 19.9. The minimum absolute atomic E-state index is 0.0349. The van der Waals surface area contributed by atoms with Crippen LogP contribution in [0.2, 0.25) is 10.3 Å². The molecule has 0 aliphatic heterocycles. The molecule has 4 aromatic carbocycles. The second kappa shape index (κ2) is 19.8. The highest BCUT2D eigenvalue weighted by atomic mass is 35.5. The molecule has 0 saturated heterocycles. The fraction of sp³-hybridized carbons (Fsp3) is 0.250. The predicted molar refractivity (Wildman–Crippen MR) is 234 cm³/mol. The van der Waals surface area contributed by atoms with Crippen LogP contribution in [0.5, 0.6) is 0 Å². The van der Waals surface area contributed by atoms with Crippen LogP contribution in [0.1, 0.15) is 68.7 Å². The van der Waals surface area contributed by atoms with E-state index in [1.165, 1.54) is 51.3 Å². The average Bonchev–Trinajstić information content (AvgIpc) is 3.24. The number of benzene rings is 4. The topological polar surface area (TPSA) is 66.4 Å². The molecule has 0 N–H and O–H groups in total. The zero-order valence-corrected chi connectivity index (χ0v) is 38.0. The fourth-order valence-corrected chi connectivity index (χ4v) is 7.42. The summed E-state index contributed by atoms with van der Waals surface area (Å²) in [5.74, 6) is -1.37. The van der Waals surface area contributed by atoms with Crippen molar-refractivity contribution in [1.82, 2.24) is 14.9 Å². The normalized spacial score (nSPS) is 12.3. The SMILES string of the molecule is Cc1ccccc1-c1cc(Cl)ncc1C(=O)N(C)Cc1cc(C(F)(F)F)cc(C(F)(F)F)c1.Cc1ccccc1-c1cc(Cl)ncc1N(C)C(=O)C(C)(C)c1cc(C(F)(F)F)cc(C(F)(F)F)c1. The maximum absolute atomic E-state index is 13.5. The Morgan fingerprint density at radius 3 is 1.35 bits per heavy atom. The third-order valence-corrected chi connectivity index (χ3v) is 11.2. The summed E-state index contributed by atoms with van der Waals surface area (Å²) in [6.07, 6.45) is -17.4. The highest BCUT2D eigenvalue weighted by Gasteiger charge is 2.42. The minimum Gasteiger partial charge on any atom is -0.337 e. The summed E-state index contributed by atoms with van der Waals surface area (Å²) in [6, 6.07) is 19.9. The molecular formula is C48H38Cl2F12N4O2. The standard InChI is InChI=1S/C25H21ClF6N2O.C23H17ClF6N2O/c1-14-7-5-6-8-18(14)19-12-21(26)33-13-20(19)34(4)22(35)23(2,3)15-9-16(24(27,28)29)11-17(10-15)25(30,31)32;1-13-5-3-4-6-17(13)18-10-20(24)31-11-19(18)21(33)32(2)12-14-7-15(22(25,26)27)9-16(8-14)23(28,29)30/h5-13H,1-4H3;3-11H,12H2,1-2H3. The van der Waals surface area contributed by atoms with E-state index in [1.54, 1.807) is 36.4 Å². The molecule has 2 amide bonds. The van der Waals surface area contributed by atoms with Crippen molar-refractivity contribution in [2.24, 2.45) is 0 Å². The number of amides is 2. The first kappa shape index (κ1) is 52.8. The number of likely N-dealkylation sites (N-methyl/N-ethyl adjacent to an activating group) is 1. The van der Waals surface area contributed by atoms with Gasteiger partial charge in [-0.1, -0.05) is 71.7 Å². The highest BCUT2D eigenvalue weighted by molar-refractivity contribution is 6.30. The van der Waals surface area contributed by atoms with Crippen molar-refractivity contribution in [1.29, 1.82) is 0 Å². The quantitative estimate of drug-likeness (QED) is 0.113. The number of alkyl halides is 12. The fourth-order valence-electron chi connectivity index (χ4n) is 7.11. The lowest BCUT2D eigenvalue weighted by molar-refractivity contribution is -0.144. The molecule has 6 rings (SSSR count). The lowest BCUT2D eigenvalue weighted by atomic mass is 9.81. The smallest absolute Gasteiger partial charge is 0.337 e. The first-order valence-corrected chi connectivity index (χ1v) is 20.6. The number of nitrogens with zero attached hydrogens (tertiary/aromatic N) is 4. The van der Waals surface area contributed by atoms with E-state index in [2.05, 4.69) is 9.97 Å². The number of rotatable bonds is 8. The molecule has 0 aliphatic carbocycles. The Morgan fingerprint density at radius 1 is 0.529 bits per heavy atom. The molecule has 0 aliphatic rings. The van der Waals surface area contributed by atoms with Crippen molar-refractivity contribution in [2.75, 3.05) is 19.0 Å². The lowest BCUT2D eigenvalue weighted by Crippen LogP contribution is -2.42. The van der Waals surface area contributed by atoms with Gasteiger partial charge in [0.1, 0.15) is 10.3 Å². The molecule has 0 fully saturated rings. The number of hydrogen-bond acceptors (Lipinski definition) is 4. The van der Waals surface area contributed by atoms with Gasteiger partial charge in [0.15, 0.2) is 0 Å². The van der Waals surface area contributed by atoms with Crippen LogP contribution in [-0.4, -0.2) is 40.8 Å². The summed E-state index contributed by atoms with van der Waals surface area (Å²) < 4.78 is 159. The Morgan fingerprint density at radius 2 is 0.912 bits per heavy atom. The molecule has 2 heterocycles. The molecule has 20 heteroatoms. The second-order valence-electron chi connectivity index (χ2n) is 16.1. The number of anilines is 1. The van der Waals surface area contributed by atoms with Crippen LogP contribution in [0.3, 0.4) is 0 Å². The van der Waals surface area contributed by atoms with Crippen molar-refractivity contribution in [3.8, 4) is 22.3 Å². The monoisotopic (exact) mass is 1000 g/mol. The molecule has 0 radical (unpaired) electrons. The number of hydrogen-bond donors (Lipinski definition) is 0. The van der Waals surface area contributed by atoms with E-state index in [-0.39, 0.29) is 33.6 Å². The molecule has 360 valence electrons. The van der Waals surface area contributed by atoms with E-state index in [1.807, 2.05) is 32.0 Å². The summed E-state index contributed by atoms with van der Waals surface area (Å²) >= 11 is 12.1. The largest absolute Gasteiger partial charge is 0.416 e. The summed E-state index contributed by atoms with van der Waals surface area (Å²) in [5, 5.41) is 0.278. The van der Waals surface area contributed by atoms with Crippen molar-refractivity contribution in [2.45, 2.75) is 64.4 Å². The first-order chi connectivity index (χ1) is 31.3. The minimum atomic E-state index is -5.03. The third-order valence-electron chi connectivity index (χ3n) is 10.7. The number of halogens is 14. The Kier molecular flexibility index (Phi) is 15.4. The van der Waals surface area contributed by atoms with Gasteiger partial charge in [0, 0.05) is 32.4 Å². The van der Waals surface area contributed by atoms with Crippen LogP contribution in [0.4, 0.5) is 58.4 Å². The molecule has 0 unspecified atom stereocenters. The van der Waals surface area contributed by atoms with Gasteiger partial charge >= 0.3 is 24.7 Å². The van der Waals surface area contributed by atoms with E-state index in [0.29, 0.717) is 46.6 Å². The van der Waals surface area contributed by atoms with Crippen LogP contribution >= 0.6 is 23.2 Å². The van der Waals surface area contributed by atoms with E-state index in [9.17, 15) is 62.3 Å². The van der Waals surface area contributed by atoms with Crippen LogP contribution in [0, 0.1) is 13.8 Å². The van der Waals surface area contributed by atoms with Gasteiger partial charge < -0.3 is 9.80 Å². The average molecular weight is 1000 g/mol. The Balaban J connectivity index is 0.000000255. The molecule has 6 nitrogen and oxygen atoms in total. The van der Waals surface area contributed by atoms with Gasteiger partial charge in [-0.25, -0.2) is 9.97 Å². The van der Waals surface area contributed by atoms with Gasteiger partial charge in [-0.15, -0.1) is 0 Å². The Bertz CT molecular complexity index is 2780. The molecule has 0 spiro atoms. The van der Waals surface area contributed by atoms with Gasteiger partial charge in [0.05, 0.1) is 45.1 Å². The van der Waals surface area contributed by atoms with Crippen LogP contribution < -0.4 is 4.90 Å². The molecule has 6 aromatic rings. The number of aromatic nitrogens is 2. The van der Waals surface area contributed by atoms with E-state index < -0.39 is 76.3 Å². The van der Waals surface area contributed by atoms with E-state index in [0.717, 1.165) is 21.6 Å². The Hall–Kier alpha value is -6.14. The van der Waals surface area contributed by atoms with Crippen LogP contribution in [0.25, 0.3) is 22.3 Å². The highest BCUT2D eigenvalue weighted by Crippen LogP contribution is 2.42. The second-order valence-corrected chi connectivity index (χ2v) is 16.8. The number of carbonyl (C=O) groups excluding carboxylic acids is 2. The molecule has 0 saturated carbocycles. The van der Waals surface area contributed by atoms with Crippen LogP contribution in [0.15, 0.2) is 109 Å². The summed E-state index contributed by atoms with van der Waals surface area (Å²) in [4.78, 5) is 36.8. The summed E-state index contributed by atoms with van der Waals surface area (Å²) in [5.41, 5.74) is -3.82. The van der Waals surface area contributed by atoms with E-state index >= 15 is 0 Å². The summed E-state index contributed by atoms with van der Waals surface area (Å²) in [7, 11) is 2.67. The third kappa shape index (κ3) is 12.3. The van der Waals surface area contributed by atoms with Gasteiger partial charge in [-0.3, -0.25) is 9.59 Å². The summed E-state index contributed by atoms with van der Waals surface area (Å²) in [6.45, 7) is 5.74. The van der Waals surface area contributed by atoms with Gasteiger partial charge in [0.2, 0.25) is 5.91 Å². The zero-order chi connectivity index (χ0) is 50.9.